The topological polar surface area (TPSA) is 32.3 Å². The van der Waals surface area contributed by atoms with Crippen LogP contribution in [0.15, 0.2) is 22.7 Å². The number of nitrogens with one attached hydrogen (secondary N) is 1. The molecule has 0 bridgehead atoms. The summed E-state index contributed by atoms with van der Waals surface area (Å²) in [7, 11) is 0. The third-order valence-corrected chi connectivity index (χ3v) is 5.12. The van der Waals surface area contributed by atoms with Crippen LogP contribution in [0.5, 0.6) is 5.75 Å². The summed E-state index contributed by atoms with van der Waals surface area (Å²) in [5.41, 5.74) is 1.02. The number of hydrogen-bond acceptors (Lipinski definition) is 2. The van der Waals surface area contributed by atoms with Crippen LogP contribution in [-0.2, 0) is 0 Å². The Balaban J connectivity index is 2.13. The Morgan fingerprint density at radius 2 is 2.05 bits per heavy atom. The molecule has 1 aliphatic rings. The standard InChI is InChI=1S/C17H26BrNO/c1-3-12-7-5-6-8-16(12)19-15(4-2)14-11-13(18)9-10-17(14)20/h9-12,15-16,19-20H,3-8H2,1-2H3. The van der Waals surface area contributed by atoms with Gasteiger partial charge in [0.15, 0.2) is 0 Å². The first-order chi connectivity index (χ1) is 9.65. The quantitative estimate of drug-likeness (QED) is 0.775. The maximum Gasteiger partial charge on any atom is 0.120 e. The van der Waals surface area contributed by atoms with E-state index in [-0.39, 0.29) is 6.04 Å². The second-order valence-electron chi connectivity index (χ2n) is 5.89. The Hall–Kier alpha value is -0.540. The van der Waals surface area contributed by atoms with Gasteiger partial charge in [-0.2, -0.15) is 0 Å². The highest BCUT2D eigenvalue weighted by Gasteiger charge is 2.26. The summed E-state index contributed by atoms with van der Waals surface area (Å²) < 4.78 is 1.03. The number of phenols is 1. The van der Waals surface area contributed by atoms with Crippen molar-refractivity contribution < 1.29 is 5.11 Å². The fourth-order valence-electron chi connectivity index (χ4n) is 3.41. The zero-order valence-corrected chi connectivity index (χ0v) is 14.1. The molecular weight excluding hydrogens is 314 g/mol. The molecule has 1 aromatic carbocycles. The van der Waals surface area contributed by atoms with E-state index in [1.54, 1.807) is 6.07 Å². The van der Waals surface area contributed by atoms with Gasteiger partial charge in [-0.25, -0.2) is 0 Å². The zero-order valence-electron chi connectivity index (χ0n) is 12.5. The summed E-state index contributed by atoms with van der Waals surface area (Å²) in [5.74, 6) is 1.18. The molecule has 2 N–H and O–H groups in total. The Morgan fingerprint density at radius 3 is 2.75 bits per heavy atom. The summed E-state index contributed by atoms with van der Waals surface area (Å²) in [6.07, 6.45) is 7.55. The van der Waals surface area contributed by atoms with E-state index in [2.05, 4.69) is 35.1 Å². The van der Waals surface area contributed by atoms with Crippen molar-refractivity contribution in [2.75, 3.05) is 0 Å². The van der Waals surface area contributed by atoms with Crippen LogP contribution in [0.3, 0.4) is 0 Å². The molecule has 0 radical (unpaired) electrons. The van der Waals surface area contributed by atoms with Crippen LogP contribution in [-0.4, -0.2) is 11.1 Å². The Morgan fingerprint density at radius 1 is 1.30 bits per heavy atom. The molecule has 0 aliphatic heterocycles. The molecule has 1 fully saturated rings. The van der Waals surface area contributed by atoms with Crippen LogP contribution >= 0.6 is 15.9 Å². The van der Waals surface area contributed by atoms with Crippen molar-refractivity contribution in [1.29, 1.82) is 0 Å². The number of halogens is 1. The van der Waals surface area contributed by atoms with Gasteiger partial charge in [0.25, 0.3) is 0 Å². The molecule has 3 heteroatoms. The minimum absolute atomic E-state index is 0.240. The van der Waals surface area contributed by atoms with Crippen LogP contribution in [0.25, 0.3) is 0 Å². The van der Waals surface area contributed by atoms with E-state index < -0.39 is 0 Å². The smallest absolute Gasteiger partial charge is 0.120 e. The van der Waals surface area contributed by atoms with Gasteiger partial charge in [0, 0.05) is 22.1 Å². The minimum Gasteiger partial charge on any atom is -0.508 e. The van der Waals surface area contributed by atoms with E-state index in [1.165, 1.54) is 32.1 Å². The first-order valence-electron chi connectivity index (χ1n) is 7.90. The van der Waals surface area contributed by atoms with Gasteiger partial charge in [-0.05, 0) is 43.4 Å². The lowest BCUT2D eigenvalue weighted by atomic mass is 9.82. The molecule has 0 saturated heterocycles. The molecule has 0 aromatic heterocycles. The van der Waals surface area contributed by atoms with Crippen molar-refractivity contribution >= 4 is 15.9 Å². The van der Waals surface area contributed by atoms with Crippen molar-refractivity contribution in [3.05, 3.63) is 28.2 Å². The van der Waals surface area contributed by atoms with Crippen molar-refractivity contribution in [1.82, 2.24) is 5.32 Å². The van der Waals surface area contributed by atoms with E-state index >= 15 is 0 Å². The van der Waals surface area contributed by atoms with Gasteiger partial charge < -0.3 is 10.4 Å². The van der Waals surface area contributed by atoms with E-state index in [9.17, 15) is 5.11 Å². The monoisotopic (exact) mass is 339 g/mol. The summed E-state index contributed by atoms with van der Waals surface area (Å²) in [6, 6.07) is 6.55. The third-order valence-electron chi connectivity index (χ3n) is 4.62. The van der Waals surface area contributed by atoms with Crippen LogP contribution in [0, 0.1) is 5.92 Å². The van der Waals surface area contributed by atoms with Gasteiger partial charge in [-0.3, -0.25) is 0 Å². The maximum atomic E-state index is 10.1. The van der Waals surface area contributed by atoms with Gasteiger partial charge >= 0.3 is 0 Å². The Kier molecular flexibility index (Phi) is 5.91. The van der Waals surface area contributed by atoms with Gasteiger partial charge in [0.1, 0.15) is 5.75 Å². The molecule has 3 unspecified atom stereocenters. The third kappa shape index (κ3) is 3.76. The maximum absolute atomic E-state index is 10.1. The SMILES string of the molecule is CCC(NC1CCCCC1CC)c1cc(Br)ccc1O. The molecule has 1 saturated carbocycles. The van der Waals surface area contributed by atoms with Crippen LogP contribution in [0.1, 0.15) is 64.0 Å². The lowest BCUT2D eigenvalue weighted by Gasteiger charge is -2.35. The van der Waals surface area contributed by atoms with Crippen molar-refractivity contribution in [2.24, 2.45) is 5.92 Å². The largest absolute Gasteiger partial charge is 0.508 e. The fraction of sp³-hybridized carbons (Fsp3) is 0.647. The molecule has 112 valence electrons. The van der Waals surface area contributed by atoms with Crippen molar-refractivity contribution in [3.63, 3.8) is 0 Å². The van der Waals surface area contributed by atoms with E-state index in [0.29, 0.717) is 11.8 Å². The predicted molar refractivity (Wildman–Crippen MR) is 88.0 cm³/mol. The fourth-order valence-corrected chi connectivity index (χ4v) is 3.78. The van der Waals surface area contributed by atoms with E-state index in [4.69, 9.17) is 0 Å². The molecule has 1 aliphatic carbocycles. The number of rotatable bonds is 5. The highest BCUT2D eigenvalue weighted by molar-refractivity contribution is 9.10. The normalized spacial score (nSPS) is 24.6. The van der Waals surface area contributed by atoms with E-state index in [1.807, 2.05) is 12.1 Å². The van der Waals surface area contributed by atoms with Gasteiger partial charge in [-0.1, -0.05) is 49.0 Å². The lowest BCUT2D eigenvalue weighted by Crippen LogP contribution is -2.40. The highest BCUT2D eigenvalue weighted by atomic mass is 79.9. The molecule has 2 nitrogen and oxygen atoms in total. The van der Waals surface area contributed by atoms with Crippen LogP contribution < -0.4 is 5.32 Å². The van der Waals surface area contributed by atoms with Gasteiger partial charge in [0.2, 0.25) is 0 Å². The first-order valence-corrected chi connectivity index (χ1v) is 8.69. The lowest BCUT2D eigenvalue weighted by molar-refractivity contribution is 0.233. The average Bonchev–Trinajstić information content (AvgIpc) is 2.48. The molecule has 0 heterocycles. The molecule has 1 aromatic rings. The number of benzene rings is 1. The molecule has 3 atom stereocenters. The average molecular weight is 340 g/mol. The number of aromatic hydroxyl groups is 1. The van der Waals surface area contributed by atoms with Crippen LogP contribution in [0.4, 0.5) is 0 Å². The minimum atomic E-state index is 0.240. The highest BCUT2D eigenvalue weighted by Crippen LogP contribution is 2.33. The summed E-state index contributed by atoms with van der Waals surface area (Å²) in [6.45, 7) is 4.48. The first kappa shape index (κ1) is 15.8. The Labute approximate surface area is 131 Å². The van der Waals surface area contributed by atoms with Crippen molar-refractivity contribution in [2.45, 2.75) is 64.5 Å². The summed E-state index contributed by atoms with van der Waals surface area (Å²) in [5, 5.41) is 13.9. The molecule has 0 spiro atoms. The second-order valence-corrected chi connectivity index (χ2v) is 6.81. The summed E-state index contributed by atoms with van der Waals surface area (Å²) in [4.78, 5) is 0. The van der Waals surface area contributed by atoms with Crippen molar-refractivity contribution in [3.8, 4) is 5.75 Å². The zero-order chi connectivity index (χ0) is 14.5. The molecule has 2 rings (SSSR count). The number of hydrogen-bond donors (Lipinski definition) is 2. The molecule has 20 heavy (non-hydrogen) atoms. The summed E-state index contributed by atoms with van der Waals surface area (Å²) >= 11 is 3.51. The van der Waals surface area contributed by atoms with Gasteiger partial charge in [0.05, 0.1) is 0 Å². The number of phenolic OH excluding ortho intramolecular Hbond substituents is 1. The van der Waals surface area contributed by atoms with Crippen LogP contribution in [0.2, 0.25) is 0 Å². The molecule has 0 amide bonds. The predicted octanol–water partition coefficient (Wildman–Crippen LogP) is 5.16. The van der Waals surface area contributed by atoms with E-state index in [0.717, 1.165) is 22.4 Å². The Bertz CT molecular complexity index is 435. The molecular formula is C17H26BrNO. The second kappa shape index (κ2) is 7.46. The van der Waals surface area contributed by atoms with Gasteiger partial charge in [-0.15, -0.1) is 0 Å².